The standard InChI is InChI=1S/C14H18F2N2O/c1-8(10-3-4-10)17-14(19)18-9(2)11-5-6-12(15)13(16)7-11/h5-10H,3-4H2,1-2H3,(H2,17,18,19). The Morgan fingerprint density at radius 3 is 2.47 bits per heavy atom. The molecule has 2 amide bonds. The van der Waals surface area contributed by atoms with Crippen LogP contribution in [-0.2, 0) is 0 Å². The van der Waals surface area contributed by atoms with Gasteiger partial charge in [-0.15, -0.1) is 0 Å². The molecule has 0 saturated heterocycles. The van der Waals surface area contributed by atoms with E-state index in [0.717, 1.165) is 25.0 Å². The van der Waals surface area contributed by atoms with E-state index in [4.69, 9.17) is 0 Å². The maximum atomic E-state index is 13.1. The predicted octanol–water partition coefficient (Wildman–Crippen LogP) is 3.12. The Bertz CT molecular complexity index is 475. The van der Waals surface area contributed by atoms with E-state index in [2.05, 4.69) is 10.6 Å². The molecule has 2 N–H and O–H groups in total. The molecule has 104 valence electrons. The van der Waals surface area contributed by atoms with Gasteiger partial charge in [0, 0.05) is 6.04 Å². The molecule has 2 unspecified atom stereocenters. The second-order valence-electron chi connectivity index (χ2n) is 5.14. The zero-order chi connectivity index (χ0) is 14.0. The number of urea groups is 1. The lowest BCUT2D eigenvalue weighted by molar-refractivity contribution is 0.233. The van der Waals surface area contributed by atoms with Gasteiger partial charge < -0.3 is 10.6 Å². The fraction of sp³-hybridized carbons (Fsp3) is 0.500. The third kappa shape index (κ3) is 3.66. The van der Waals surface area contributed by atoms with E-state index in [-0.39, 0.29) is 18.1 Å². The quantitative estimate of drug-likeness (QED) is 0.865. The molecule has 1 aliphatic carbocycles. The van der Waals surface area contributed by atoms with Crippen LogP contribution in [0.15, 0.2) is 18.2 Å². The molecule has 1 fully saturated rings. The summed E-state index contributed by atoms with van der Waals surface area (Å²) >= 11 is 0. The molecular formula is C14H18F2N2O. The smallest absolute Gasteiger partial charge is 0.315 e. The molecule has 3 nitrogen and oxygen atoms in total. The lowest BCUT2D eigenvalue weighted by Crippen LogP contribution is -2.42. The molecule has 0 radical (unpaired) electrons. The molecule has 2 rings (SSSR count). The first-order valence-electron chi connectivity index (χ1n) is 6.49. The van der Waals surface area contributed by atoms with Gasteiger partial charge in [0.1, 0.15) is 0 Å². The zero-order valence-corrected chi connectivity index (χ0v) is 11.0. The van der Waals surface area contributed by atoms with Gasteiger partial charge in [0.25, 0.3) is 0 Å². The first kappa shape index (κ1) is 13.8. The average molecular weight is 268 g/mol. The average Bonchev–Trinajstić information content (AvgIpc) is 3.16. The van der Waals surface area contributed by atoms with Crippen molar-refractivity contribution in [1.82, 2.24) is 10.6 Å². The Kier molecular flexibility index (Phi) is 4.02. The summed E-state index contributed by atoms with van der Waals surface area (Å²) in [6, 6.07) is 3.13. The van der Waals surface area contributed by atoms with Crippen molar-refractivity contribution in [3.05, 3.63) is 35.4 Å². The van der Waals surface area contributed by atoms with Crippen molar-refractivity contribution in [1.29, 1.82) is 0 Å². The minimum Gasteiger partial charge on any atom is -0.335 e. The molecule has 1 aromatic carbocycles. The van der Waals surface area contributed by atoms with Gasteiger partial charge in [-0.05, 0) is 50.3 Å². The van der Waals surface area contributed by atoms with Crippen LogP contribution in [0.25, 0.3) is 0 Å². The van der Waals surface area contributed by atoms with E-state index in [0.29, 0.717) is 11.5 Å². The Hall–Kier alpha value is -1.65. The second-order valence-corrected chi connectivity index (χ2v) is 5.14. The van der Waals surface area contributed by atoms with Crippen LogP contribution in [0.3, 0.4) is 0 Å². The van der Waals surface area contributed by atoms with Crippen LogP contribution in [0.4, 0.5) is 13.6 Å². The summed E-state index contributed by atoms with van der Waals surface area (Å²) in [7, 11) is 0. The van der Waals surface area contributed by atoms with Gasteiger partial charge in [0.15, 0.2) is 11.6 Å². The maximum absolute atomic E-state index is 13.1. The number of hydrogen-bond donors (Lipinski definition) is 2. The number of rotatable bonds is 4. The van der Waals surface area contributed by atoms with Crippen molar-refractivity contribution in [2.45, 2.75) is 38.8 Å². The lowest BCUT2D eigenvalue weighted by Gasteiger charge is -2.18. The molecule has 1 aromatic rings. The van der Waals surface area contributed by atoms with Crippen LogP contribution in [0.1, 0.15) is 38.3 Å². The summed E-state index contributed by atoms with van der Waals surface area (Å²) < 4.78 is 25.9. The van der Waals surface area contributed by atoms with Crippen molar-refractivity contribution in [3.8, 4) is 0 Å². The monoisotopic (exact) mass is 268 g/mol. The fourth-order valence-electron chi connectivity index (χ4n) is 2.02. The van der Waals surface area contributed by atoms with Crippen LogP contribution >= 0.6 is 0 Å². The summed E-state index contributed by atoms with van der Waals surface area (Å²) in [5.41, 5.74) is 0.535. The highest BCUT2D eigenvalue weighted by Crippen LogP contribution is 2.32. The van der Waals surface area contributed by atoms with Gasteiger partial charge in [-0.1, -0.05) is 6.07 Å². The highest BCUT2D eigenvalue weighted by molar-refractivity contribution is 5.74. The molecule has 2 atom stereocenters. The van der Waals surface area contributed by atoms with Gasteiger partial charge in [-0.2, -0.15) is 0 Å². The number of hydrogen-bond acceptors (Lipinski definition) is 1. The molecule has 0 spiro atoms. The van der Waals surface area contributed by atoms with Crippen LogP contribution in [0, 0.1) is 17.6 Å². The summed E-state index contributed by atoms with van der Waals surface area (Å²) in [6.07, 6.45) is 2.31. The van der Waals surface area contributed by atoms with Crippen molar-refractivity contribution in [2.75, 3.05) is 0 Å². The summed E-state index contributed by atoms with van der Waals surface area (Å²) in [5, 5.41) is 5.57. The van der Waals surface area contributed by atoms with Crippen LogP contribution in [-0.4, -0.2) is 12.1 Å². The number of carbonyl (C=O) groups is 1. The molecule has 1 saturated carbocycles. The highest BCUT2D eigenvalue weighted by atomic mass is 19.2. The molecular weight excluding hydrogens is 250 g/mol. The van der Waals surface area contributed by atoms with E-state index in [9.17, 15) is 13.6 Å². The minimum absolute atomic E-state index is 0.150. The molecule has 19 heavy (non-hydrogen) atoms. The van der Waals surface area contributed by atoms with Gasteiger partial charge >= 0.3 is 6.03 Å². The summed E-state index contributed by atoms with van der Waals surface area (Å²) in [5.74, 6) is -1.22. The number of carbonyl (C=O) groups excluding carboxylic acids is 1. The highest BCUT2D eigenvalue weighted by Gasteiger charge is 2.29. The first-order chi connectivity index (χ1) is 8.97. The zero-order valence-electron chi connectivity index (χ0n) is 11.0. The Morgan fingerprint density at radius 2 is 1.89 bits per heavy atom. The van der Waals surface area contributed by atoms with E-state index in [1.807, 2.05) is 6.92 Å². The van der Waals surface area contributed by atoms with Crippen molar-refractivity contribution in [2.24, 2.45) is 5.92 Å². The van der Waals surface area contributed by atoms with E-state index in [1.54, 1.807) is 6.92 Å². The van der Waals surface area contributed by atoms with Gasteiger partial charge in [0.2, 0.25) is 0 Å². The van der Waals surface area contributed by atoms with E-state index in [1.165, 1.54) is 6.07 Å². The van der Waals surface area contributed by atoms with Crippen LogP contribution in [0.5, 0.6) is 0 Å². The Labute approximate surface area is 111 Å². The molecule has 5 heteroatoms. The number of halogens is 2. The van der Waals surface area contributed by atoms with Gasteiger partial charge in [0.05, 0.1) is 6.04 Å². The van der Waals surface area contributed by atoms with Gasteiger partial charge in [-0.25, -0.2) is 13.6 Å². The molecule has 0 aliphatic heterocycles. The van der Waals surface area contributed by atoms with E-state index >= 15 is 0 Å². The van der Waals surface area contributed by atoms with Crippen molar-refractivity contribution >= 4 is 6.03 Å². The fourth-order valence-corrected chi connectivity index (χ4v) is 2.02. The molecule has 0 bridgehead atoms. The Balaban J connectivity index is 1.90. The number of nitrogens with one attached hydrogen (secondary N) is 2. The normalized spacial score (nSPS) is 17.7. The van der Waals surface area contributed by atoms with Gasteiger partial charge in [-0.3, -0.25) is 0 Å². The summed E-state index contributed by atoms with van der Waals surface area (Å²) in [4.78, 5) is 11.7. The molecule has 0 aromatic heterocycles. The van der Waals surface area contributed by atoms with Crippen LogP contribution in [0.2, 0.25) is 0 Å². The number of amides is 2. The molecule has 0 heterocycles. The second kappa shape index (κ2) is 5.55. The first-order valence-corrected chi connectivity index (χ1v) is 6.49. The minimum atomic E-state index is -0.905. The third-order valence-electron chi connectivity index (χ3n) is 3.48. The third-order valence-corrected chi connectivity index (χ3v) is 3.48. The largest absolute Gasteiger partial charge is 0.335 e. The van der Waals surface area contributed by atoms with Crippen LogP contribution < -0.4 is 10.6 Å². The van der Waals surface area contributed by atoms with Crippen molar-refractivity contribution in [3.63, 3.8) is 0 Å². The topological polar surface area (TPSA) is 41.1 Å². The SMILES string of the molecule is CC(NC(=O)NC(C)C1CC1)c1ccc(F)c(F)c1. The predicted molar refractivity (Wildman–Crippen MR) is 68.6 cm³/mol. The lowest BCUT2D eigenvalue weighted by atomic mass is 10.1. The van der Waals surface area contributed by atoms with E-state index < -0.39 is 11.6 Å². The van der Waals surface area contributed by atoms with Crippen molar-refractivity contribution < 1.29 is 13.6 Å². The molecule has 1 aliphatic rings. The summed E-state index contributed by atoms with van der Waals surface area (Å²) in [6.45, 7) is 3.70. The maximum Gasteiger partial charge on any atom is 0.315 e. The number of benzene rings is 1. The Morgan fingerprint density at radius 1 is 1.21 bits per heavy atom.